The van der Waals surface area contributed by atoms with Gasteiger partial charge in [0, 0.05) is 17.1 Å². The third-order valence-electron chi connectivity index (χ3n) is 4.08. The van der Waals surface area contributed by atoms with E-state index in [1.54, 1.807) is 0 Å². The van der Waals surface area contributed by atoms with Crippen molar-refractivity contribution < 1.29 is 4.79 Å². The van der Waals surface area contributed by atoms with Crippen LogP contribution in [0.15, 0.2) is 17.2 Å². The van der Waals surface area contributed by atoms with Crippen molar-refractivity contribution in [2.24, 2.45) is 0 Å². The maximum absolute atomic E-state index is 12.7. The Balaban J connectivity index is 2.05. The van der Waals surface area contributed by atoms with E-state index < -0.39 is 0 Å². The molecule has 0 aliphatic heterocycles. The fourth-order valence-corrected chi connectivity index (χ4v) is 3.89. The second-order valence-corrected chi connectivity index (χ2v) is 7.09. The molecule has 1 atom stereocenters. The van der Waals surface area contributed by atoms with Crippen LogP contribution in [-0.4, -0.2) is 26.5 Å². The highest BCUT2D eigenvalue weighted by Gasteiger charge is 2.16. The number of aryl methyl sites for hydroxylation is 2. The molecule has 0 aliphatic rings. The maximum atomic E-state index is 12.7. The highest BCUT2D eigenvalue weighted by molar-refractivity contribution is 7.25. The Hall–Kier alpha value is -2.28. The number of nitrogens with zero attached hydrogens (tertiary/aromatic N) is 3. The first-order valence-electron chi connectivity index (χ1n) is 7.96. The molecular formula is C17H20N4O2S. The first-order chi connectivity index (χ1) is 11.4. The van der Waals surface area contributed by atoms with E-state index in [4.69, 9.17) is 0 Å². The van der Waals surface area contributed by atoms with Gasteiger partial charge in [-0.2, -0.15) is 0 Å². The summed E-state index contributed by atoms with van der Waals surface area (Å²) in [5, 5.41) is 3.79. The highest BCUT2D eigenvalue weighted by Crippen LogP contribution is 2.31. The zero-order chi connectivity index (χ0) is 17.4. The summed E-state index contributed by atoms with van der Waals surface area (Å²) >= 11 is 1.34. The predicted octanol–water partition coefficient (Wildman–Crippen LogP) is 2.54. The summed E-state index contributed by atoms with van der Waals surface area (Å²) < 4.78 is 1.91. The van der Waals surface area contributed by atoms with Gasteiger partial charge in [-0.05, 0) is 38.8 Å². The summed E-state index contributed by atoms with van der Waals surface area (Å²) in [5.41, 5.74) is 2.45. The van der Waals surface area contributed by atoms with E-state index in [0.29, 0.717) is 10.2 Å². The van der Waals surface area contributed by atoms with Gasteiger partial charge < -0.3 is 5.32 Å². The van der Waals surface area contributed by atoms with Crippen LogP contribution in [0.5, 0.6) is 0 Å². The summed E-state index contributed by atoms with van der Waals surface area (Å²) in [4.78, 5) is 34.5. The molecule has 0 bridgehead atoms. The predicted molar refractivity (Wildman–Crippen MR) is 96.6 cm³/mol. The minimum absolute atomic E-state index is 0.0220. The number of rotatable bonds is 4. The van der Waals surface area contributed by atoms with Gasteiger partial charge in [0.2, 0.25) is 5.91 Å². The Bertz CT molecular complexity index is 990. The van der Waals surface area contributed by atoms with Crippen LogP contribution in [0, 0.1) is 13.8 Å². The second kappa shape index (κ2) is 6.32. The number of carbonyl (C=O) groups excluding carboxylic acids is 1. The normalized spacial score (nSPS) is 12.7. The molecule has 126 valence electrons. The van der Waals surface area contributed by atoms with Crippen LogP contribution in [0.2, 0.25) is 0 Å². The molecule has 0 saturated carbocycles. The topological polar surface area (TPSA) is 76.9 Å². The summed E-state index contributed by atoms with van der Waals surface area (Å²) in [7, 11) is 0. The van der Waals surface area contributed by atoms with Crippen molar-refractivity contribution in [3.8, 4) is 0 Å². The van der Waals surface area contributed by atoms with Crippen molar-refractivity contribution in [2.45, 2.75) is 46.7 Å². The number of pyridine rings is 1. The van der Waals surface area contributed by atoms with Crippen molar-refractivity contribution in [1.29, 1.82) is 0 Å². The van der Waals surface area contributed by atoms with Gasteiger partial charge in [0.15, 0.2) is 0 Å². The molecule has 1 amide bonds. The van der Waals surface area contributed by atoms with Crippen LogP contribution in [-0.2, 0) is 11.3 Å². The van der Waals surface area contributed by atoms with E-state index in [-0.39, 0.29) is 24.1 Å². The fourth-order valence-electron chi connectivity index (χ4n) is 2.69. The molecule has 7 heteroatoms. The van der Waals surface area contributed by atoms with E-state index in [1.165, 1.54) is 22.2 Å². The lowest BCUT2D eigenvalue weighted by Crippen LogP contribution is -2.37. The maximum Gasteiger partial charge on any atom is 0.271 e. The van der Waals surface area contributed by atoms with Gasteiger partial charge in [0.25, 0.3) is 5.56 Å². The van der Waals surface area contributed by atoms with E-state index in [1.807, 2.05) is 33.8 Å². The molecule has 0 spiro atoms. The lowest BCUT2D eigenvalue weighted by Gasteiger charge is -2.12. The zero-order valence-electron chi connectivity index (χ0n) is 14.2. The summed E-state index contributed by atoms with van der Waals surface area (Å²) in [6, 6.07) is 2.07. The van der Waals surface area contributed by atoms with Crippen LogP contribution in [0.1, 0.15) is 31.5 Å². The summed E-state index contributed by atoms with van der Waals surface area (Å²) in [6.07, 6.45) is 2.30. The highest BCUT2D eigenvalue weighted by atomic mass is 32.1. The van der Waals surface area contributed by atoms with Gasteiger partial charge in [-0.3, -0.25) is 14.2 Å². The summed E-state index contributed by atoms with van der Waals surface area (Å²) in [6.45, 7) is 7.84. The average molecular weight is 344 g/mol. The minimum atomic E-state index is -0.195. The minimum Gasteiger partial charge on any atom is -0.352 e. The second-order valence-electron chi connectivity index (χ2n) is 6.09. The van der Waals surface area contributed by atoms with Crippen molar-refractivity contribution in [3.63, 3.8) is 0 Å². The number of nitrogens with one attached hydrogen (secondary N) is 1. The van der Waals surface area contributed by atoms with Crippen LogP contribution >= 0.6 is 11.3 Å². The van der Waals surface area contributed by atoms with Crippen molar-refractivity contribution in [3.05, 3.63) is 34.0 Å². The molecule has 1 unspecified atom stereocenters. The Kier molecular flexibility index (Phi) is 4.36. The van der Waals surface area contributed by atoms with Gasteiger partial charge in [-0.25, -0.2) is 9.97 Å². The molecule has 24 heavy (non-hydrogen) atoms. The molecule has 0 aromatic carbocycles. The Morgan fingerprint density at radius 3 is 2.88 bits per heavy atom. The molecule has 3 heterocycles. The van der Waals surface area contributed by atoms with Crippen molar-refractivity contribution in [1.82, 2.24) is 19.9 Å². The van der Waals surface area contributed by atoms with Gasteiger partial charge in [0.05, 0.1) is 11.8 Å². The monoisotopic (exact) mass is 344 g/mol. The number of carbonyl (C=O) groups is 1. The van der Waals surface area contributed by atoms with E-state index in [0.717, 1.165) is 27.9 Å². The van der Waals surface area contributed by atoms with Crippen molar-refractivity contribution >= 4 is 37.7 Å². The largest absolute Gasteiger partial charge is 0.352 e. The van der Waals surface area contributed by atoms with Crippen LogP contribution in [0.3, 0.4) is 0 Å². The first-order valence-corrected chi connectivity index (χ1v) is 8.77. The van der Waals surface area contributed by atoms with Crippen LogP contribution < -0.4 is 10.9 Å². The van der Waals surface area contributed by atoms with Gasteiger partial charge in [-0.1, -0.05) is 6.92 Å². The van der Waals surface area contributed by atoms with E-state index >= 15 is 0 Å². The number of hydrogen-bond acceptors (Lipinski definition) is 5. The van der Waals surface area contributed by atoms with E-state index in [9.17, 15) is 9.59 Å². The van der Waals surface area contributed by atoms with Crippen molar-refractivity contribution in [2.75, 3.05) is 0 Å². The molecule has 0 radical (unpaired) electrons. The quantitative estimate of drug-likeness (QED) is 0.789. The molecular weight excluding hydrogens is 324 g/mol. The number of hydrogen-bond donors (Lipinski definition) is 1. The Morgan fingerprint density at radius 1 is 1.42 bits per heavy atom. The Morgan fingerprint density at radius 2 is 2.17 bits per heavy atom. The lowest BCUT2D eigenvalue weighted by atomic mass is 10.1. The fraction of sp³-hybridized carbons (Fsp3) is 0.412. The standard InChI is InChI=1S/C17H20N4O2S/c1-5-10(3)19-12(22)7-21-8-18-14-13-9(2)6-11(4)20-16(13)24-15(14)17(21)23/h6,8,10H,5,7H2,1-4H3,(H,19,22). The molecule has 6 nitrogen and oxygen atoms in total. The molecule has 0 saturated heterocycles. The molecule has 3 rings (SSSR count). The summed E-state index contributed by atoms with van der Waals surface area (Å²) in [5.74, 6) is -0.182. The lowest BCUT2D eigenvalue weighted by molar-refractivity contribution is -0.122. The molecule has 3 aromatic rings. The third kappa shape index (κ3) is 2.91. The smallest absolute Gasteiger partial charge is 0.271 e. The first kappa shape index (κ1) is 16.6. The number of amides is 1. The van der Waals surface area contributed by atoms with Gasteiger partial charge >= 0.3 is 0 Å². The number of fused-ring (bicyclic) bond motifs is 3. The third-order valence-corrected chi connectivity index (χ3v) is 5.14. The average Bonchev–Trinajstić information content (AvgIpc) is 2.89. The number of aromatic nitrogens is 3. The molecule has 3 aromatic heterocycles. The van der Waals surface area contributed by atoms with Crippen LogP contribution in [0.4, 0.5) is 0 Å². The zero-order valence-corrected chi connectivity index (χ0v) is 15.0. The molecule has 1 N–H and O–H groups in total. The molecule has 0 fully saturated rings. The Labute approximate surface area is 143 Å². The molecule has 0 aliphatic carbocycles. The van der Waals surface area contributed by atoms with Gasteiger partial charge in [0.1, 0.15) is 16.1 Å². The number of thiophene rings is 1. The SMILES string of the molecule is CCC(C)NC(=O)Cn1cnc2c(sc3nc(C)cc(C)c32)c1=O. The van der Waals surface area contributed by atoms with E-state index in [2.05, 4.69) is 15.3 Å². The van der Waals surface area contributed by atoms with Gasteiger partial charge in [-0.15, -0.1) is 11.3 Å². The van der Waals surface area contributed by atoms with Crippen LogP contribution in [0.25, 0.3) is 20.4 Å².